The fraction of sp³-hybridized carbons (Fsp3) is 0.353. The number of amides is 2. The van der Waals surface area contributed by atoms with E-state index >= 15 is 0 Å². The molecule has 2 amide bonds. The van der Waals surface area contributed by atoms with Crippen LogP contribution in [0, 0.1) is 5.92 Å². The van der Waals surface area contributed by atoms with Crippen LogP contribution in [0.4, 0.5) is 4.79 Å². The lowest BCUT2D eigenvalue weighted by molar-refractivity contribution is 0.175. The molecule has 122 valence electrons. The number of urea groups is 1. The Labute approximate surface area is 139 Å². The SMILES string of the molecule is O=C(NC[C@H]1COc2ccccc2C1)NC[C@H](O)c1cccs1. The number of para-hydroxylation sites is 1. The van der Waals surface area contributed by atoms with Crippen molar-refractivity contribution in [3.63, 3.8) is 0 Å². The van der Waals surface area contributed by atoms with Crippen LogP contribution < -0.4 is 15.4 Å². The van der Waals surface area contributed by atoms with Crippen LogP contribution in [0.2, 0.25) is 0 Å². The number of carbonyl (C=O) groups is 1. The maximum atomic E-state index is 11.8. The fourth-order valence-electron chi connectivity index (χ4n) is 2.59. The van der Waals surface area contributed by atoms with Crippen molar-refractivity contribution in [3.8, 4) is 5.75 Å². The molecule has 3 N–H and O–H groups in total. The number of nitrogens with one attached hydrogen (secondary N) is 2. The van der Waals surface area contributed by atoms with E-state index in [0.717, 1.165) is 17.0 Å². The van der Waals surface area contributed by atoms with Gasteiger partial charge in [-0.05, 0) is 29.5 Å². The standard InChI is InChI=1S/C17H20N2O3S/c20-14(16-6-3-7-23-16)10-19-17(21)18-9-12-8-13-4-1-2-5-15(13)22-11-12/h1-7,12,14,20H,8-11H2,(H2,18,19,21)/t12-,14-/m0/s1. The summed E-state index contributed by atoms with van der Waals surface area (Å²) in [5, 5.41) is 17.4. The van der Waals surface area contributed by atoms with Gasteiger partial charge < -0.3 is 20.5 Å². The van der Waals surface area contributed by atoms with Gasteiger partial charge in [-0.1, -0.05) is 24.3 Å². The van der Waals surface area contributed by atoms with Crippen molar-refractivity contribution in [2.24, 2.45) is 5.92 Å². The highest BCUT2D eigenvalue weighted by molar-refractivity contribution is 7.10. The Morgan fingerprint density at radius 1 is 1.30 bits per heavy atom. The van der Waals surface area contributed by atoms with Crippen molar-refractivity contribution >= 4 is 17.4 Å². The Balaban J connectivity index is 1.40. The van der Waals surface area contributed by atoms with Gasteiger partial charge in [-0.3, -0.25) is 0 Å². The van der Waals surface area contributed by atoms with Crippen LogP contribution in [0.15, 0.2) is 41.8 Å². The van der Waals surface area contributed by atoms with Gasteiger partial charge in [0.05, 0.1) is 13.2 Å². The van der Waals surface area contributed by atoms with E-state index in [0.29, 0.717) is 13.2 Å². The molecule has 2 atom stereocenters. The van der Waals surface area contributed by atoms with Crippen LogP contribution in [0.3, 0.4) is 0 Å². The van der Waals surface area contributed by atoms with E-state index in [1.165, 1.54) is 16.9 Å². The van der Waals surface area contributed by atoms with Gasteiger partial charge in [0.2, 0.25) is 0 Å². The zero-order valence-corrected chi connectivity index (χ0v) is 13.5. The lowest BCUT2D eigenvalue weighted by Gasteiger charge is -2.25. The van der Waals surface area contributed by atoms with E-state index in [1.54, 1.807) is 0 Å². The first kappa shape index (κ1) is 15.8. The molecule has 0 bridgehead atoms. The summed E-state index contributed by atoms with van der Waals surface area (Å²) in [7, 11) is 0. The minimum Gasteiger partial charge on any atom is -0.493 e. The molecule has 2 aromatic rings. The zero-order chi connectivity index (χ0) is 16.1. The normalized spacial score (nSPS) is 17.7. The highest BCUT2D eigenvalue weighted by atomic mass is 32.1. The molecule has 0 aliphatic carbocycles. The minimum absolute atomic E-state index is 0.205. The van der Waals surface area contributed by atoms with Gasteiger partial charge in [-0.25, -0.2) is 4.79 Å². The number of aliphatic hydroxyl groups excluding tert-OH is 1. The van der Waals surface area contributed by atoms with Crippen molar-refractivity contribution in [3.05, 3.63) is 52.2 Å². The van der Waals surface area contributed by atoms with E-state index in [1.807, 2.05) is 35.7 Å². The zero-order valence-electron chi connectivity index (χ0n) is 12.7. The van der Waals surface area contributed by atoms with E-state index in [4.69, 9.17) is 4.74 Å². The minimum atomic E-state index is -0.661. The maximum Gasteiger partial charge on any atom is 0.314 e. The molecule has 1 aliphatic heterocycles. The summed E-state index contributed by atoms with van der Waals surface area (Å²) in [4.78, 5) is 12.7. The molecule has 1 aromatic heterocycles. The van der Waals surface area contributed by atoms with Gasteiger partial charge in [0.25, 0.3) is 0 Å². The second-order valence-corrected chi connectivity index (χ2v) is 6.59. The van der Waals surface area contributed by atoms with E-state index in [9.17, 15) is 9.90 Å². The first-order valence-electron chi connectivity index (χ1n) is 7.66. The summed E-state index contributed by atoms with van der Waals surface area (Å²) in [5.74, 6) is 1.20. The summed E-state index contributed by atoms with van der Waals surface area (Å²) < 4.78 is 5.71. The lowest BCUT2D eigenvalue weighted by Crippen LogP contribution is -2.41. The molecule has 0 saturated carbocycles. The largest absolute Gasteiger partial charge is 0.493 e. The lowest BCUT2D eigenvalue weighted by atomic mass is 9.97. The van der Waals surface area contributed by atoms with E-state index in [2.05, 4.69) is 16.7 Å². The molecular formula is C17H20N2O3S. The third-order valence-corrected chi connectivity index (χ3v) is 4.81. The topological polar surface area (TPSA) is 70.6 Å². The van der Waals surface area contributed by atoms with Crippen LogP contribution in [0.25, 0.3) is 0 Å². The third-order valence-electron chi connectivity index (χ3n) is 3.83. The van der Waals surface area contributed by atoms with Crippen LogP contribution in [-0.2, 0) is 6.42 Å². The number of ether oxygens (including phenoxy) is 1. The average Bonchev–Trinajstić information content (AvgIpc) is 3.12. The molecule has 1 aromatic carbocycles. The number of rotatable bonds is 5. The molecule has 6 heteroatoms. The number of carbonyl (C=O) groups excluding carboxylic acids is 1. The number of benzene rings is 1. The molecule has 23 heavy (non-hydrogen) atoms. The molecule has 0 saturated heterocycles. The van der Waals surface area contributed by atoms with Crippen molar-refractivity contribution in [2.75, 3.05) is 19.7 Å². The highest BCUT2D eigenvalue weighted by Gasteiger charge is 2.20. The number of aliphatic hydroxyl groups is 1. The monoisotopic (exact) mass is 332 g/mol. The third kappa shape index (κ3) is 4.24. The van der Waals surface area contributed by atoms with Gasteiger partial charge in [0.15, 0.2) is 0 Å². The second kappa shape index (κ2) is 7.48. The van der Waals surface area contributed by atoms with E-state index in [-0.39, 0.29) is 18.5 Å². The molecule has 0 radical (unpaired) electrons. The molecule has 0 fully saturated rings. The summed E-state index contributed by atoms with van der Waals surface area (Å²) in [6, 6.07) is 11.5. The average molecular weight is 332 g/mol. The molecule has 1 aliphatic rings. The van der Waals surface area contributed by atoms with Crippen LogP contribution in [0.1, 0.15) is 16.5 Å². The number of hydrogen-bond acceptors (Lipinski definition) is 4. The number of fused-ring (bicyclic) bond motifs is 1. The van der Waals surface area contributed by atoms with Crippen LogP contribution in [0.5, 0.6) is 5.75 Å². The first-order chi connectivity index (χ1) is 11.2. The molecule has 3 rings (SSSR count). The van der Waals surface area contributed by atoms with Gasteiger partial charge in [-0.15, -0.1) is 11.3 Å². The van der Waals surface area contributed by atoms with Crippen molar-refractivity contribution in [2.45, 2.75) is 12.5 Å². The Hall–Kier alpha value is -2.05. The van der Waals surface area contributed by atoms with Crippen molar-refractivity contribution in [1.82, 2.24) is 10.6 Å². The predicted molar refractivity (Wildman–Crippen MR) is 89.8 cm³/mol. The molecule has 5 nitrogen and oxygen atoms in total. The first-order valence-corrected chi connectivity index (χ1v) is 8.54. The van der Waals surface area contributed by atoms with Gasteiger partial charge >= 0.3 is 6.03 Å². The predicted octanol–water partition coefficient (Wildman–Crippen LogP) is 2.33. The van der Waals surface area contributed by atoms with Gasteiger partial charge in [-0.2, -0.15) is 0 Å². The van der Waals surface area contributed by atoms with Crippen LogP contribution >= 0.6 is 11.3 Å². The van der Waals surface area contributed by atoms with Crippen molar-refractivity contribution in [1.29, 1.82) is 0 Å². The molecule has 2 heterocycles. The summed E-state index contributed by atoms with van der Waals surface area (Å²) in [6.07, 6.45) is 0.236. The molecular weight excluding hydrogens is 312 g/mol. The maximum absolute atomic E-state index is 11.8. The molecule has 0 spiro atoms. The quantitative estimate of drug-likeness (QED) is 0.787. The Morgan fingerprint density at radius 3 is 3.00 bits per heavy atom. The molecule has 0 unspecified atom stereocenters. The van der Waals surface area contributed by atoms with Crippen LogP contribution in [-0.4, -0.2) is 30.8 Å². The second-order valence-electron chi connectivity index (χ2n) is 5.61. The van der Waals surface area contributed by atoms with Crippen molar-refractivity contribution < 1.29 is 14.6 Å². The Bertz CT molecular complexity index is 645. The summed E-state index contributed by atoms with van der Waals surface area (Å²) in [6.45, 7) is 1.36. The fourth-order valence-corrected chi connectivity index (χ4v) is 3.30. The number of thiophene rings is 1. The smallest absolute Gasteiger partial charge is 0.314 e. The van der Waals surface area contributed by atoms with E-state index < -0.39 is 6.10 Å². The number of hydrogen-bond donors (Lipinski definition) is 3. The Kier molecular flexibility index (Phi) is 5.15. The summed E-state index contributed by atoms with van der Waals surface area (Å²) >= 11 is 1.47. The Morgan fingerprint density at radius 2 is 2.17 bits per heavy atom. The highest BCUT2D eigenvalue weighted by Crippen LogP contribution is 2.26. The van der Waals surface area contributed by atoms with Gasteiger partial charge in [0.1, 0.15) is 11.9 Å². The van der Waals surface area contributed by atoms with Gasteiger partial charge in [0, 0.05) is 17.3 Å². The summed E-state index contributed by atoms with van der Waals surface area (Å²) in [5.41, 5.74) is 1.18.